The maximum absolute atomic E-state index is 13.7. The molecule has 2 heterocycles. The molecule has 3 aromatic carbocycles. The van der Waals surface area contributed by atoms with E-state index >= 15 is 0 Å². The van der Waals surface area contributed by atoms with Crippen molar-refractivity contribution in [3.05, 3.63) is 95.7 Å². The fraction of sp³-hybridized carbons (Fsp3) is 0.0769. The monoisotopic (exact) mass is 504 g/mol. The van der Waals surface area contributed by atoms with Gasteiger partial charge in [-0.15, -0.1) is 0 Å². The van der Waals surface area contributed by atoms with Crippen molar-refractivity contribution in [1.29, 1.82) is 0 Å². The Morgan fingerprint density at radius 3 is 2.30 bits per heavy atom. The van der Waals surface area contributed by atoms with E-state index in [0.717, 1.165) is 18.2 Å². The van der Waals surface area contributed by atoms with Crippen LogP contribution in [0.15, 0.2) is 79.0 Å². The number of hydrogen-bond donors (Lipinski definition) is 2. The molecule has 5 aromatic rings. The number of amides is 2. The first kappa shape index (κ1) is 23.8. The number of anilines is 1. The fourth-order valence-electron chi connectivity index (χ4n) is 4.00. The molecule has 2 aromatic heterocycles. The molecule has 0 atom stereocenters. The third-order valence-electron chi connectivity index (χ3n) is 5.77. The average molecular weight is 504 g/mol. The summed E-state index contributed by atoms with van der Waals surface area (Å²) in [6.07, 6.45) is -3.12. The van der Waals surface area contributed by atoms with Gasteiger partial charge in [0.15, 0.2) is 0 Å². The number of rotatable bonds is 5. The Morgan fingerprint density at radius 1 is 0.919 bits per heavy atom. The number of hydrogen-bond acceptors (Lipinski definition) is 4. The van der Waals surface area contributed by atoms with Gasteiger partial charge in [0.25, 0.3) is 5.91 Å². The van der Waals surface area contributed by atoms with E-state index in [4.69, 9.17) is 5.73 Å². The molecule has 0 saturated carbocycles. The van der Waals surface area contributed by atoms with Gasteiger partial charge in [-0.25, -0.2) is 4.68 Å². The smallest absolute Gasteiger partial charge is 0.366 e. The lowest BCUT2D eigenvalue weighted by Crippen LogP contribution is -2.16. The molecule has 0 saturated heterocycles. The van der Waals surface area contributed by atoms with Gasteiger partial charge in [-0.1, -0.05) is 18.2 Å². The number of alkyl halides is 3. The van der Waals surface area contributed by atoms with Gasteiger partial charge in [0.2, 0.25) is 5.91 Å². The van der Waals surface area contributed by atoms with Gasteiger partial charge in [0.05, 0.1) is 22.5 Å². The van der Waals surface area contributed by atoms with Crippen LogP contribution in [-0.4, -0.2) is 31.4 Å². The molecule has 3 N–H and O–H groups in total. The summed E-state index contributed by atoms with van der Waals surface area (Å²) in [5.41, 5.74) is 5.62. The number of benzene rings is 3. The van der Waals surface area contributed by atoms with E-state index < -0.39 is 23.6 Å². The number of aryl methyl sites for hydroxylation is 1. The van der Waals surface area contributed by atoms with Crippen molar-refractivity contribution in [2.24, 2.45) is 12.8 Å². The summed E-state index contributed by atoms with van der Waals surface area (Å²) in [5, 5.41) is 11.9. The molecular weight excluding hydrogens is 485 g/mol. The summed E-state index contributed by atoms with van der Waals surface area (Å²) >= 11 is 0. The van der Waals surface area contributed by atoms with Crippen LogP contribution in [0.25, 0.3) is 27.8 Å². The Morgan fingerprint density at radius 2 is 1.65 bits per heavy atom. The number of nitrogens with zero attached hydrogens (tertiary/aromatic N) is 4. The van der Waals surface area contributed by atoms with E-state index in [-0.39, 0.29) is 28.2 Å². The molecule has 0 radical (unpaired) electrons. The number of nitrogens with two attached hydrogens (primary N) is 1. The summed E-state index contributed by atoms with van der Waals surface area (Å²) in [6.45, 7) is 0. The lowest BCUT2D eigenvalue weighted by molar-refractivity contribution is -0.137. The third-order valence-corrected chi connectivity index (χ3v) is 5.77. The van der Waals surface area contributed by atoms with E-state index in [2.05, 4.69) is 15.5 Å². The second-order valence-electron chi connectivity index (χ2n) is 8.28. The maximum Gasteiger partial charge on any atom is 0.417 e. The van der Waals surface area contributed by atoms with E-state index in [1.54, 1.807) is 37.4 Å². The maximum atomic E-state index is 13.7. The zero-order valence-corrected chi connectivity index (χ0v) is 19.3. The molecule has 0 bridgehead atoms. The first-order valence-corrected chi connectivity index (χ1v) is 11.0. The second kappa shape index (κ2) is 8.94. The predicted octanol–water partition coefficient (Wildman–Crippen LogP) is 4.80. The van der Waals surface area contributed by atoms with Crippen LogP contribution < -0.4 is 11.1 Å². The van der Waals surface area contributed by atoms with Crippen molar-refractivity contribution in [1.82, 2.24) is 19.6 Å². The zero-order valence-electron chi connectivity index (χ0n) is 19.3. The lowest BCUT2D eigenvalue weighted by atomic mass is 10.0. The van der Waals surface area contributed by atoms with Crippen molar-refractivity contribution in [2.45, 2.75) is 6.18 Å². The molecule has 0 fully saturated rings. The second-order valence-corrected chi connectivity index (χ2v) is 8.28. The Balaban J connectivity index is 1.60. The average Bonchev–Trinajstić information content (AvgIpc) is 3.47. The van der Waals surface area contributed by atoms with Gasteiger partial charge in [-0.05, 0) is 54.6 Å². The number of nitrogens with one attached hydrogen (secondary N) is 1. The van der Waals surface area contributed by atoms with Gasteiger partial charge >= 0.3 is 6.18 Å². The molecule has 0 unspecified atom stereocenters. The van der Waals surface area contributed by atoms with Crippen LogP contribution in [0.5, 0.6) is 0 Å². The SMILES string of the molecule is Cn1ccc(-c2cc(C(=O)Nc3c4ccc(C(N)=O)cc4nn3-c3ccccc3)ccc2C(F)(F)F)n1. The van der Waals surface area contributed by atoms with Crippen molar-refractivity contribution < 1.29 is 22.8 Å². The summed E-state index contributed by atoms with van der Waals surface area (Å²) < 4.78 is 44.0. The van der Waals surface area contributed by atoms with Crippen LogP contribution in [0.1, 0.15) is 26.3 Å². The number of carbonyl (C=O) groups is 2. The van der Waals surface area contributed by atoms with E-state index in [0.29, 0.717) is 16.6 Å². The molecule has 0 aliphatic carbocycles. The summed E-state index contributed by atoms with van der Waals surface area (Å²) in [7, 11) is 1.59. The minimum Gasteiger partial charge on any atom is -0.366 e. The van der Waals surface area contributed by atoms with Gasteiger partial charge in [0.1, 0.15) is 5.82 Å². The summed E-state index contributed by atoms with van der Waals surface area (Å²) in [6, 6.07) is 18.1. The molecule has 37 heavy (non-hydrogen) atoms. The van der Waals surface area contributed by atoms with Gasteiger partial charge < -0.3 is 11.1 Å². The Labute approximate surface area is 208 Å². The van der Waals surface area contributed by atoms with Crippen LogP contribution in [0.2, 0.25) is 0 Å². The highest BCUT2D eigenvalue weighted by Crippen LogP contribution is 2.37. The highest BCUT2D eigenvalue weighted by molar-refractivity contribution is 6.09. The standard InChI is InChI=1S/C26H19F3N6O2/c1-34-12-11-21(32-34)19-13-16(8-10-20(19)26(27,28)29)25(37)31-24-18-9-7-15(23(30)36)14-22(18)33-35(24)17-5-3-2-4-6-17/h2-14H,1H3,(H2,30,36)(H,31,37). The largest absolute Gasteiger partial charge is 0.417 e. The molecule has 0 spiro atoms. The fourth-order valence-corrected chi connectivity index (χ4v) is 4.00. The predicted molar refractivity (Wildman–Crippen MR) is 131 cm³/mol. The number of fused-ring (bicyclic) bond motifs is 1. The lowest BCUT2D eigenvalue weighted by Gasteiger charge is -2.14. The molecule has 11 heteroatoms. The van der Waals surface area contributed by atoms with Crippen LogP contribution in [-0.2, 0) is 13.2 Å². The van der Waals surface area contributed by atoms with Crippen LogP contribution >= 0.6 is 0 Å². The van der Waals surface area contributed by atoms with Gasteiger partial charge in [-0.2, -0.15) is 23.4 Å². The van der Waals surface area contributed by atoms with Crippen LogP contribution in [0, 0.1) is 0 Å². The number of aromatic nitrogens is 4. The number of halogens is 3. The Hall–Kier alpha value is -4.93. The summed E-state index contributed by atoms with van der Waals surface area (Å²) in [5.74, 6) is -1.00. The highest BCUT2D eigenvalue weighted by atomic mass is 19.4. The molecule has 2 amide bonds. The topological polar surface area (TPSA) is 108 Å². The van der Waals surface area contributed by atoms with Crippen molar-refractivity contribution in [2.75, 3.05) is 5.32 Å². The van der Waals surface area contributed by atoms with Crippen LogP contribution in [0.4, 0.5) is 19.0 Å². The summed E-state index contributed by atoms with van der Waals surface area (Å²) in [4.78, 5) is 25.0. The molecule has 5 rings (SSSR count). The minimum absolute atomic E-state index is 0.00336. The molecule has 8 nitrogen and oxygen atoms in total. The third kappa shape index (κ3) is 4.54. The van der Waals surface area contributed by atoms with E-state index in [1.165, 1.54) is 33.8 Å². The van der Waals surface area contributed by atoms with Crippen molar-refractivity contribution >= 4 is 28.5 Å². The Kier molecular flexibility index (Phi) is 5.75. The molecule has 186 valence electrons. The first-order chi connectivity index (χ1) is 17.6. The van der Waals surface area contributed by atoms with Gasteiger partial charge in [0, 0.05) is 35.3 Å². The number of primary amides is 1. The number of para-hydroxylation sites is 1. The molecular formula is C26H19F3N6O2. The van der Waals surface area contributed by atoms with Gasteiger partial charge in [-0.3, -0.25) is 14.3 Å². The number of carbonyl (C=O) groups excluding carboxylic acids is 2. The van der Waals surface area contributed by atoms with Crippen molar-refractivity contribution in [3.63, 3.8) is 0 Å². The molecule has 0 aliphatic heterocycles. The molecule has 0 aliphatic rings. The normalized spacial score (nSPS) is 11.6. The first-order valence-electron chi connectivity index (χ1n) is 11.0. The zero-order chi connectivity index (χ0) is 26.3. The Bertz CT molecular complexity index is 1650. The van der Waals surface area contributed by atoms with E-state index in [9.17, 15) is 22.8 Å². The van der Waals surface area contributed by atoms with Crippen molar-refractivity contribution in [3.8, 4) is 16.9 Å². The van der Waals surface area contributed by atoms with Crippen LogP contribution in [0.3, 0.4) is 0 Å². The van der Waals surface area contributed by atoms with E-state index in [1.807, 2.05) is 6.07 Å². The minimum atomic E-state index is -4.64. The quantitative estimate of drug-likeness (QED) is 0.359. The highest BCUT2D eigenvalue weighted by Gasteiger charge is 2.34.